The molecule has 0 saturated carbocycles. The number of rotatable bonds is 3. The number of carbonyl (C=O) groups excluding carboxylic acids is 1. The number of amides is 1. The quantitative estimate of drug-likeness (QED) is 0.388. The Bertz CT molecular complexity index is 1490. The molecule has 0 bridgehead atoms. The molecule has 1 atom stereocenters. The SMILES string of the molecule is C[C@H]1CN(c2ccc(C#Cc3ccc(F)cc3F)cc2NC(=O)c2c[nH]c(=O)cc2C(F)(F)F)CCN1C. The Kier molecular flexibility index (Phi) is 7.55. The Morgan fingerprint density at radius 2 is 1.84 bits per heavy atom. The zero-order chi connectivity index (χ0) is 27.6. The summed E-state index contributed by atoms with van der Waals surface area (Å²) in [5.74, 6) is 2.68. The molecule has 2 N–H and O–H groups in total. The molecule has 198 valence electrons. The van der Waals surface area contributed by atoms with E-state index in [-0.39, 0.29) is 17.3 Å². The van der Waals surface area contributed by atoms with E-state index in [0.717, 1.165) is 18.8 Å². The zero-order valence-corrected chi connectivity index (χ0v) is 20.4. The zero-order valence-electron chi connectivity index (χ0n) is 20.4. The summed E-state index contributed by atoms with van der Waals surface area (Å²) in [4.78, 5) is 30.8. The van der Waals surface area contributed by atoms with Crippen LogP contribution in [-0.2, 0) is 6.18 Å². The lowest BCUT2D eigenvalue weighted by molar-refractivity contribution is -0.138. The summed E-state index contributed by atoms with van der Waals surface area (Å²) in [6, 6.07) is 8.26. The number of aromatic amines is 1. The maximum absolute atomic E-state index is 14.0. The molecule has 11 heteroatoms. The first-order valence-electron chi connectivity index (χ1n) is 11.6. The van der Waals surface area contributed by atoms with Gasteiger partial charge in [-0.05, 0) is 44.3 Å². The number of benzene rings is 2. The van der Waals surface area contributed by atoms with Gasteiger partial charge < -0.3 is 20.1 Å². The Hall–Kier alpha value is -4.17. The molecule has 0 unspecified atom stereocenters. The maximum atomic E-state index is 14.0. The summed E-state index contributed by atoms with van der Waals surface area (Å²) in [6.45, 7) is 3.94. The van der Waals surface area contributed by atoms with Crippen molar-refractivity contribution in [2.24, 2.45) is 0 Å². The lowest BCUT2D eigenvalue weighted by Crippen LogP contribution is -2.50. The molecule has 0 radical (unpaired) electrons. The molecule has 2 heterocycles. The minimum atomic E-state index is -4.93. The van der Waals surface area contributed by atoms with Crippen LogP contribution in [0.3, 0.4) is 0 Å². The van der Waals surface area contributed by atoms with Crippen LogP contribution in [0.5, 0.6) is 0 Å². The number of alkyl halides is 3. The molecule has 6 nitrogen and oxygen atoms in total. The van der Waals surface area contributed by atoms with Gasteiger partial charge in [-0.1, -0.05) is 11.8 Å². The number of likely N-dealkylation sites (N-methyl/N-ethyl adjacent to an activating group) is 1. The third kappa shape index (κ3) is 6.03. The number of pyridine rings is 1. The first kappa shape index (κ1) is 26.9. The molecule has 1 amide bonds. The van der Waals surface area contributed by atoms with E-state index >= 15 is 0 Å². The second-order valence-corrected chi connectivity index (χ2v) is 8.96. The van der Waals surface area contributed by atoms with Crippen molar-refractivity contribution in [1.29, 1.82) is 0 Å². The van der Waals surface area contributed by atoms with E-state index in [0.29, 0.717) is 36.5 Å². The number of piperazine rings is 1. The number of aromatic nitrogens is 1. The summed E-state index contributed by atoms with van der Waals surface area (Å²) in [5.41, 5.74) is -2.06. The van der Waals surface area contributed by atoms with Crippen LogP contribution in [-0.4, -0.2) is 48.5 Å². The summed E-state index contributed by atoms with van der Waals surface area (Å²) in [5, 5.41) is 2.53. The number of H-pyrrole nitrogens is 1. The molecule has 0 aliphatic carbocycles. The van der Waals surface area contributed by atoms with Gasteiger partial charge in [0, 0.05) is 49.6 Å². The number of hydrogen-bond acceptors (Lipinski definition) is 4. The van der Waals surface area contributed by atoms with Crippen molar-refractivity contribution >= 4 is 17.3 Å². The molecule has 0 spiro atoms. The van der Waals surface area contributed by atoms with Crippen LogP contribution in [0.25, 0.3) is 0 Å². The largest absolute Gasteiger partial charge is 0.417 e. The third-order valence-electron chi connectivity index (χ3n) is 6.29. The average molecular weight is 530 g/mol. The number of anilines is 2. The van der Waals surface area contributed by atoms with Crippen LogP contribution >= 0.6 is 0 Å². The second-order valence-electron chi connectivity index (χ2n) is 8.96. The highest BCUT2D eigenvalue weighted by atomic mass is 19.4. The second kappa shape index (κ2) is 10.7. The minimum Gasteiger partial charge on any atom is -0.367 e. The van der Waals surface area contributed by atoms with Gasteiger partial charge in [-0.15, -0.1) is 0 Å². The molecule has 4 rings (SSSR count). The predicted octanol–water partition coefficient (Wildman–Crippen LogP) is 4.46. The molecule has 1 aromatic heterocycles. The first-order chi connectivity index (χ1) is 17.9. The van der Waals surface area contributed by atoms with Crippen LogP contribution in [0.2, 0.25) is 0 Å². The fourth-order valence-corrected chi connectivity index (χ4v) is 4.07. The molecule has 38 heavy (non-hydrogen) atoms. The van der Waals surface area contributed by atoms with E-state index < -0.39 is 40.4 Å². The van der Waals surface area contributed by atoms with Gasteiger partial charge in [-0.3, -0.25) is 9.59 Å². The first-order valence-corrected chi connectivity index (χ1v) is 11.6. The van der Waals surface area contributed by atoms with Crippen molar-refractivity contribution in [2.45, 2.75) is 19.1 Å². The summed E-state index contributed by atoms with van der Waals surface area (Å²) >= 11 is 0. The van der Waals surface area contributed by atoms with Crippen molar-refractivity contribution in [3.05, 3.63) is 92.9 Å². The van der Waals surface area contributed by atoms with Crippen molar-refractivity contribution in [3.8, 4) is 11.8 Å². The number of carbonyl (C=O) groups is 1. The summed E-state index contributed by atoms with van der Waals surface area (Å²) < 4.78 is 67.8. The third-order valence-corrected chi connectivity index (χ3v) is 6.29. The fraction of sp³-hybridized carbons (Fsp3) is 0.259. The van der Waals surface area contributed by atoms with Crippen LogP contribution < -0.4 is 15.8 Å². The number of nitrogens with one attached hydrogen (secondary N) is 2. The molecule has 1 saturated heterocycles. The van der Waals surface area contributed by atoms with Crippen molar-refractivity contribution in [1.82, 2.24) is 9.88 Å². The van der Waals surface area contributed by atoms with Gasteiger partial charge in [0.2, 0.25) is 5.56 Å². The highest BCUT2D eigenvalue weighted by Gasteiger charge is 2.36. The smallest absolute Gasteiger partial charge is 0.367 e. The van der Waals surface area contributed by atoms with Gasteiger partial charge in [0.1, 0.15) is 11.6 Å². The maximum Gasteiger partial charge on any atom is 0.417 e. The normalized spacial score (nSPS) is 16.1. The highest BCUT2D eigenvalue weighted by Crippen LogP contribution is 2.33. The Morgan fingerprint density at radius 3 is 2.53 bits per heavy atom. The summed E-state index contributed by atoms with van der Waals surface area (Å²) in [7, 11) is 1.98. The lowest BCUT2D eigenvalue weighted by Gasteiger charge is -2.39. The van der Waals surface area contributed by atoms with Crippen molar-refractivity contribution < 1.29 is 26.7 Å². The van der Waals surface area contributed by atoms with Crippen LogP contribution in [0.15, 0.2) is 53.5 Å². The van der Waals surface area contributed by atoms with E-state index in [2.05, 4.69) is 27.0 Å². The monoisotopic (exact) mass is 530 g/mol. The molecule has 1 aliphatic heterocycles. The van der Waals surface area contributed by atoms with E-state index in [1.54, 1.807) is 12.1 Å². The van der Waals surface area contributed by atoms with E-state index in [1.165, 1.54) is 12.1 Å². The molecule has 3 aromatic rings. The van der Waals surface area contributed by atoms with Gasteiger partial charge in [-0.25, -0.2) is 8.78 Å². The Balaban J connectivity index is 1.73. The molecule has 1 fully saturated rings. The van der Waals surface area contributed by atoms with Crippen LogP contribution in [0, 0.1) is 23.5 Å². The molecule has 1 aliphatic rings. The number of halogens is 5. The van der Waals surface area contributed by atoms with Crippen molar-refractivity contribution in [2.75, 3.05) is 36.9 Å². The average Bonchev–Trinajstić information content (AvgIpc) is 2.85. The van der Waals surface area contributed by atoms with Gasteiger partial charge >= 0.3 is 6.18 Å². The lowest BCUT2D eigenvalue weighted by atomic mass is 10.1. The Labute approximate surface area is 215 Å². The molecular formula is C27H23F5N4O2. The van der Waals surface area contributed by atoms with E-state index in [4.69, 9.17) is 0 Å². The standard InChI is InChI=1S/C27H23F5N4O2/c1-16-15-36(10-9-35(16)2)24-8-4-17(3-5-18-6-7-19(28)12-22(18)29)11-23(24)34-26(38)20-14-33-25(37)13-21(20)27(30,31)32/h4,6-8,11-14,16H,9-10,15H2,1-2H3,(H,33,37)(H,34,38)/t16-/m0/s1. The molecule has 2 aromatic carbocycles. The van der Waals surface area contributed by atoms with E-state index in [1.807, 2.05) is 18.9 Å². The van der Waals surface area contributed by atoms with Gasteiger partial charge in [0.25, 0.3) is 5.91 Å². The van der Waals surface area contributed by atoms with Crippen LogP contribution in [0.4, 0.5) is 33.3 Å². The summed E-state index contributed by atoms with van der Waals surface area (Å²) in [6.07, 6.45) is -4.21. The van der Waals surface area contributed by atoms with Crippen LogP contribution in [0.1, 0.15) is 34.0 Å². The predicted molar refractivity (Wildman–Crippen MR) is 133 cm³/mol. The minimum absolute atomic E-state index is 0.0444. The van der Waals surface area contributed by atoms with Crippen molar-refractivity contribution in [3.63, 3.8) is 0 Å². The van der Waals surface area contributed by atoms with Gasteiger partial charge in [-0.2, -0.15) is 13.2 Å². The molecular weight excluding hydrogens is 507 g/mol. The number of nitrogens with zero attached hydrogens (tertiary/aromatic N) is 2. The Morgan fingerprint density at radius 1 is 1.08 bits per heavy atom. The topological polar surface area (TPSA) is 68.4 Å². The fourth-order valence-electron chi connectivity index (χ4n) is 4.07. The van der Waals surface area contributed by atoms with Gasteiger partial charge in [0.05, 0.1) is 28.1 Å². The highest BCUT2D eigenvalue weighted by molar-refractivity contribution is 6.07. The van der Waals surface area contributed by atoms with E-state index in [9.17, 15) is 31.5 Å². The van der Waals surface area contributed by atoms with Gasteiger partial charge in [0.15, 0.2) is 0 Å². The number of hydrogen-bond donors (Lipinski definition) is 2.